The topological polar surface area (TPSA) is 81.2 Å². The Morgan fingerprint density at radius 1 is 1.07 bits per heavy atom. The van der Waals surface area contributed by atoms with Crippen molar-refractivity contribution in [2.75, 3.05) is 24.4 Å². The molecular formula is C19H26ClN5O2. The normalized spacial score (nSPS) is 15.1. The molecule has 1 aromatic carbocycles. The van der Waals surface area contributed by atoms with E-state index in [0.717, 1.165) is 18.5 Å². The van der Waals surface area contributed by atoms with Gasteiger partial charge in [0.2, 0.25) is 11.9 Å². The van der Waals surface area contributed by atoms with E-state index in [-0.39, 0.29) is 0 Å². The molecule has 1 aromatic heterocycles. The molecule has 2 aromatic rings. The molecule has 2 N–H and O–H groups in total. The van der Waals surface area contributed by atoms with Crippen LogP contribution in [0.3, 0.4) is 0 Å². The molecule has 0 bridgehead atoms. The monoisotopic (exact) mass is 391 g/mol. The van der Waals surface area contributed by atoms with Crippen molar-refractivity contribution in [2.24, 2.45) is 0 Å². The summed E-state index contributed by atoms with van der Waals surface area (Å²) >= 11 is 6.20. The molecule has 1 aliphatic carbocycles. The molecule has 27 heavy (non-hydrogen) atoms. The van der Waals surface area contributed by atoms with E-state index >= 15 is 0 Å². The maximum absolute atomic E-state index is 6.20. The van der Waals surface area contributed by atoms with Gasteiger partial charge in [-0.25, -0.2) is 0 Å². The van der Waals surface area contributed by atoms with Crippen LogP contribution in [0.15, 0.2) is 18.2 Å². The van der Waals surface area contributed by atoms with Crippen LogP contribution in [0.1, 0.15) is 45.4 Å². The molecule has 1 heterocycles. The van der Waals surface area contributed by atoms with Crippen molar-refractivity contribution in [3.05, 3.63) is 23.2 Å². The van der Waals surface area contributed by atoms with E-state index in [1.165, 1.54) is 25.7 Å². The van der Waals surface area contributed by atoms with Gasteiger partial charge in [0.1, 0.15) is 5.75 Å². The highest BCUT2D eigenvalue weighted by molar-refractivity contribution is 6.32. The molecule has 7 nitrogen and oxygen atoms in total. The Labute approximate surface area is 164 Å². The van der Waals surface area contributed by atoms with Gasteiger partial charge in [-0.05, 0) is 38.0 Å². The van der Waals surface area contributed by atoms with Gasteiger partial charge in [-0.1, -0.05) is 37.3 Å². The fraction of sp³-hybridized carbons (Fsp3) is 0.526. The van der Waals surface area contributed by atoms with Crippen molar-refractivity contribution in [1.29, 1.82) is 0 Å². The van der Waals surface area contributed by atoms with E-state index < -0.39 is 0 Å². The van der Waals surface area contributed by atoms with Crippen LogP contribution in [0.2, 0.25) is 5.02 Å². The zero-order valence-corrected chi connectivity index (χ0v) is 16.6. The Balaban J connectivity index is 1.79. The Morgan fingerprint density at radius 2 is 1.81 bits per heavy atom. The summed E-state index contributed by atoms with van der Waals surface area (Å²) in [6, 6.07) is 6.09. The molecular weight excluding hydrogens is 366 g/mol. The summed E-state index contributed by atoms with van der Waals surface area (Å²) in [5.41, 5.74) is 0.759. The van der Waals surface area contributed by atoms with Crippen LogP contribution in [0.25, 0.3) is 0 Å². The Bertz CT molecular complexity index is 751. The van der Waals surface area contributed by atoms with Gasteiger partial charge >= 0.3 is 6.01 Å². The van der Waals surface area contributed by atoms with Crippen molar-refractivity contribution in [3.8, 4) is 11.8 Å². The van der Waals surface area contributed by atoms with Crippen molar-refractivity contribution in [3.63, 3.8) is 0 Å². The first kappa shape index (κ1) is 19.5. The fourth-order valence-corrected chi connectivity index (χ4v) is 3.41. The minimum Gasteiger partial charge on any atom is -0.495 e. The molecule has 0 aliphatic heterocycles. The molecule has 0 atom stereocenters. The first-order chi connectivity index (χ1) is 13.2. The van der Waals surface area contributed by atoms with Gasteiger partial charge in [-0.15, -0.1) is 0 Å². The van der Waals surface area contributed by atoms with E-state index in [0.29, 0.717) is 41.3 Å². The largest absolute Gasteiger partial charge is 0.495 e. The quantitative estimate of drug-likeness (QED) is 0.655. The lowest BCUT2D eigenvalue weighted by atomic mass is 10.1. The molecule has 8 heteroatoms. The first-order valence-electron chi connectivity index (χ1n) is 9.44. The van der Waals surface area contributed by atoms with E-state index in [9.17, 15) is 0 Å². The van der Waals surface area contributed by atoms with Crippen LogP contribution in [0.5, 0.6) is 11.8 Å². The van der Waals surface area contributed by atoms with E-state index in [1.54, 1.807) is 19.2 Å². The number of hydrogen-bond donors (Lipinski definition) is 2. The SMILES string of the molecule is CCOc1nc(Nc2ccc(OC)c(Cl)c2)nc(NC2CCCCCC2)n1. The number of aromatic nitrogens is 3. The molecule has 0 radical (unpaired) electrons. The second kappa shape index (κ2) is 9.60. The second-order valence-corrected chi connectivity index (χ2v) is 6.91. The number of anilines is 3. The zero-order valence-electron chi connectivity index (χ0n) is 15.8. The Morgan fingerprint density at radius 3 is 2.48 bits per heavy atom. The maximum Gasteiger partial charge on any atom is 0.323 e. The highest BCUT2D eigenvalue weighted by Gasteiger charge is 2.15. The third kappa shape index (κ3) is 5.60. The van der Waals surface area contributed by atoms with Crippen LogP contribution in [0.4, 0.5) is 17.6 Å². The highest BCUT2D eigenvalue weighted by Crippen LogP contribution is 2.29. The minimum absolute atomic E-state index is 0.297. The number of ether oxygens (including phenoxy) is 2. The van der Waals surface area contributed by atoms with E-state index in [4.69, 9.17) is 21.1 Å². The van der Waals surface area contributed by atoms with Gasteiger partial charge in [-0.3, -0.25) is 0 Å². The van der Waals surface area contributed by atoms with Crippen molar-refractivity contribution < 1.29 is 9.47 Å². The molecule has 0 saturated heterocycles. The van der Waals surface area contributed by atoms with Gasteiger partial charge in [-0.2, -0.15) is 15.0 Å². The van der Waals surface area contributed by atoms with Crippen LogP contribution in [-0.2, 0) is 0 Å². The summed E-state index contributed by atoms with van der Waals surface area (Å²) in [6.45, 7) is 2.39. The van der Waals surface area contributed by atoms with Gasteiger partial charge in [0.25, 0.3) is 0 Å². The smallest absolute Gasteiger partial charge is 0.323 e. The van der Waals surface area contributed by atoms with Crippen LogP contribution < -0.4 is 20.1 Å². The summed E-state index contributed by atoms with van der Waals surface area (Å²) in [6.07, 6.45) is 7.32. The lowest BCUT2D eigenvalue weighted by molar-refractivity contribution is 0.312. The molecule has 1 saturated carbocycles. The molecule has 0 amide bonds. The number of halogens is 1. The van der Waals surface area contributed by atoms with Crippen molar-refractivity contribution >= 4 is 29.2 Å². The molecule has 1 aliphatic rings. The molecule has 1 fully saturated rings. The summed E-state index contributed by atoms with van der Waals surface area (Å²) in [7, 11) is 1.58. The van der Waals surface area contributed by atoms with Gasteiger partial charge in [0, 0.05) is 11.7 Å². The van der Waals surface area contributed by atoms with Crippen molar-refractivity contribution in [2.45, 2.75) is 51.5 Å². The fourth-order valence-electron chi connectivity index (χ4n) is 3.15. The van der Waals surface area contributed by atoms with Crippen molar-refractivity contribution in [1.82, 2.24) is 15.0 Å². The van der Waals surface area contributed by atoms with E-state index in [1.807, 2.05) is 13.0 Å². The number of nitrogens with one attached hydrogen (secondary N) is 2. The second-order valence-electron chi connectivity index (χ2n) is 6.51. The number of rotatable bonds is 7. The molecule has 3 rings (SSSR count). The predicted octanol–water partition coefficient (Wildman–Crippen LogP) is 4.81. The lowest BCUT2D eigenvalue weighted by Gasteiger charge is -2.17. The lowest BCUT2D eigenvalue weighted by Crippen LogP contribution is -2.20. The van der Waals surface area contributed by atoms with Gasteiger partial charge in [0.05, 0.1) is 18.7 Å². The number of benzene rings is 1. The van der Waals surface area contributed by atoms with Gasteiger partial charge in [0.15, 0.2) is 0 Å². The first-order valence-corrected chi connectivity index (χ1v) is 9.81. The third-order valence-corrected chi connectivity index (χ3v) is 4.78. The molecule has 0 spiro atoms. The molecule has 146 valence electrons. The standard InChI is InChI=1S/C19H26ClN5O2/c1-3-27-19-24-17(21-13-8-6-4-5-7-9-13)23-18(25-19)22-14-10-11-16(26-2)15(20)12-14/h10-13H,3-9H2,1-2H3,(H2,21,22,23,24,25). The van der Waals surface area contributed by atoms with E-state index in [2.05, 4.69) is 25.6 Å². The number of nitrogens with zero attached hydrogens (tertiary/aromatic N) is 3. The maximum atomic E-state index is 6.20. The summed E-state index contributed by atoms with van der Waals surface area (Å²) in [5.74, 6) is 1.55. The molecule has 0 unspecified atom stereocenters. The summed E-state index contributed by atoms with van der Waals surface area (Å²) in [4.78, 5) is 13.2. The zero-order chi connectivity index (χ0) is 19.1. The third-order valence-electron chi connectivity index (χ3n) is 4.48. The predicted molar refractivity (Wildman–Crippen MR) is 107 cm³/mol. The average molecular weight is 392 g/mol. The average Bonchev–Trinajstić information content (AvgIpc) is 2.91. The van der Waals surface area contributed by atoms with Crippen LogP contribution in [0, 0.1) is 0 Å². The minimum atomic E-state index is 0.297. The highest BCUT2D eigenvalue weighted by atomic mass is 35.5. The van der Waals surface area contributed by atoms with Crippen LogP contribution >= 0.6 is 11.6 Å². The van der Waals surface area contributed by atoms with Crippen LogP contribution in [-0.4, -0.2) is 34.7 Å². The number of methoxy groups -OCH3 is 1. The Kier molecular flexibility index (Phi) is 6.92. The summed E-state index contributed by atoms with van der Waals surface area (Å²) < 4.78 is 10.7. The number of hydrogen-bond acceptors (Lipinski definition) is 7. The Hall–Kier alpha value is -2.28. The van der Waals surface area contributed by atoms with Gasteiger partial charge < -0.3 is 20.1 Å². The summed E-state index contributed by atoms with van der Waals surface area (Å²) in [5, 5.41) is 7.12.